The highest BCUT2D eigenvalue weighted by Crippen LogP contribution is 2.49. The molecule has 2 nitrogen and oxygen atoms in total. The van der Waals surface area contributed by atoms with Crippen molar-refractivity contribution in [2.24, 2.45) is 0 Å². The van der Waals surface area contributed by atoms with E-state index in [1.165, 1.54) is 77.9 Å². The third-order valence-electron chi connectivity index (χ3n) is 15.8. The molecule has 12 aromatic carbocycles. The molecule has 0 atom stereocenters. The topological polar surface area (TPSA) is 6.48 Å². The summed E-state index contributed by atoms with van der Waals surface area (Å²) in [5, 5.41) is 0. The Hall–Kier alpha value is -9.76. The quantitative estimate of drug-likeness (QED) is 0.100. The lowest BCUT2D eigenvalue weighted by atomic mass is 9.65. The van der Waals surface area contributed by atoms with Crippen LogP contribution in [0.15, 0.2) is 303 Å². The molecule has 0 N–H and O–H groups in total. The summed E-state index contributed by atoms with van der Waals surface area (Å²) in [6.07, 6.45) is 0. The van der Waals surface area contributed by atoms with E-state index in [0.29, 0.717) is 0 Å². The summed E-state index contributed by atoms with van der Waals surface area (Å²) in [5.74, 6) is 0. The Kier molecular flexibility index (Phi) is 14.0. The second kappa shape index (κ2) is 22.1. The highest BCUT2D eigenvalue weighted by atomic mass is 15.1. The Bertz CT molecular complexity index is 3560. The molecule has 0 bridgehead atoms. The molecule has 12 aromatic rings. The molecule has 2 heteroatoms. The molecule has 0 fully saturated rings. The summed E-state index contributed by atoms with van der Waals surface area (Å²) >= 11 is 0. The smallest absolute Gasteiger partial charge is 0.0701 e. The lowest BCUT2D eigenvalue weighted by Gasteiger charge is -2.37. The van der Waals surface area contributed by atoms with E-state index in [1.807, 2.05) is 0 Å². The van der Waals surface area contributed by atoms with Crippen LogP contribution >= 0.6 is 0 Å². The minimum absolute atomic E-state index is 0.696. The standard InChI is InChI=1S/C77H62N2/c1-55-35-43-69(51-73(55)59-23-11-5-12-24-59)78(70-44-36-56(2)74(52-70)60-25-13-6-14-26-60)67-47-39-65(40-48-67)77(63-31-19-9-20-32-63,64-33-21-10-22-34-64)66-41-49-68(50-42-66)79(71-45-37-57(3)75(53-71)61-27-15-7-16-28-61)72-46-38-58(4)76(54-72)62-29-17-8-18-30-62/h5-54H,1-4H3. The second-order valence-electron chi connectivity index (χ2n) is 20.7. The zero-order valence-corrected chi connectivity index (χ0v) is 45.3. The van der Waals surface area contributed by atoms with Crippen LogP contribution in [-0.2, 0) is 5.41 Å². The van der Waals surface area contributed by atoms with Gasteiger partial charge in [0.25, 0.3) is 0 Å². The number of nitrogens with zero attached hydrogens (tertiary/aromatic N) is 2. The SMILES string of the molecule is Cc1ccc(N(c2ccc(C(c3ccccc3)(c3ccccc3)c3ccc(N(c4ccc(C)c(-c5ccccc5)c4)c4ccc(C)c(-c5ccccc5)c4)cc3)cc2)c2ccc(C)c(-c3ccccc3)c2)cc1-c1ccccc1. The van der Waals surface area contributed by atoms with Crippen molar-refractivity contribution >= 4 is 34.1 Å². The summed E-state index contributed by atoms with van der Waals surface area (Å²) in [4.78, 5) is 4.83. The molecule has 79 heavy (non-hydrogen) atoms. The summed E-state index contributed by atoms with van der Waals surface area (Å²) in [6, 6.07) is 111. The van der Waals surface area contributed by atoms with E-state index < -0.39 is 5.41 Å². The van der Waals surface area contributed by atoms with Gasteiger partial charge in [-0.1, -0.05) is 231 Å². The van der Waals surface area contributed by atoms with Gasteiger partial charge in [0.2, 0.25) is 0 Å². The lowest BCUT2D eigenvalue weighted by molar-refractivity contribution is 0.745. The zero-order chi connectivity index (χ0) is 53.7. The molecule has 0 aliphatic rings. The van der Waals surface area contributed by atoms with Crippen LogP contribution in [0.25, 0.3) is 44.5 Å². The van der Waals surface area contributed by atoms with Gasteiger partial charge in [0.05, 0.1) is 5.41 Å². The number of aryl methyl sites for hydroxylation is 4. The highest BCUT2D eigenvalue weighted by Gasteiger charge is 2.39. The van der Waals surface area contributed by atoms with Crippen molar-refractivity contribution < 1.29 is 0 Å². The maximum Gasteiger partial charge on any atom is 0.0701 e. The highest BCUT2D eigenvalue weighted by molar-refractivity contribution is 5.86. The lowest BCUT2D eigenvalue weighted by Crippen LogP contribution is -2.31. The van der Waals surface area contributed by atoms with E-state index in [0.717, 1.165) is 45.3 Å². The molecule has 0 spiro atoms. The van der Waals surface area contributed by atoms with E-state index >= 15 is 0 Å². The average molecular weight is 1020 g/mol. The fourth-order valence-corrected chi connectivity index (χ4v) is 11.7. The molecule has 0 saturated heterocycles. The molecule has 0 aliphatic carbocycles. The predicted molar refractivity (Wildman–Crippen MR) is 335 cm³/mol. The molecule has 12 rings (SSSR count). The van der Waals surface area contributed by atoms with E-state index in [9.17, 15) is 0 Å². The van der Waals surface area contributed by atoms with Gasteiger partial charge >= 0.3 is 0 Å². The largest absolute Gasteiger partial charge is 0.310 e. The van der Waals surface area contributed by atoms with Gasteiger partial charge in [-0.3, -0.25) is 0 Å². The molecule has 0 saturated carbocycles. The van der Waals surface area contributed by atoms with Gasteiger partial charge in [-0.25, -0.2) is 0 Å². The van der Waals surface area contributed by atoms with Crippen molar-refractivity contribution in [1.82, 2.24) is 0 Å². The molecule has 0 aromatic heterocycles. The van der Waals surface area contributed by atoms with Gasteiger partial charge in [-0.2, -0.15) is 0 Å². The molecule has 0 heterocycles. The van der Waals surface area contributed by atoms with Crippen LogP contribution in [0.5, 0.6) is 0 Å². The van der Waals surface area contributed by atoms with Crippen LogP contribution in [0.3, 0.4) is 0 Å². The van der Waals surface area contributed by atoms with Crippen LogP contribution in [0.4, 0.5) is 34.1 Å². The Morgan fingerprint density at radius 1 is 0.203 bits per heavy atom. The van der Waals surface area contributed by atoms with Gasteiger partial charge in [-0.15, -0.1) is 0 Å². The predicted octanol–water partition coefficient (Wildman–Crippen LogP) is 20.9. The van der Waals surface area contributed by atoms with Crippen molar-refractivity contribution in [3.63, 3.8) is 0 Å². The Morgan fingerprint density at radius 3 is 0.646 bits per heavy atom. The third-order valence-corrected chi connectivity index (χ3v) is 15.8. The summed E-state index contributed by atoms with van der Waals surface area (Å²) in [7, 11) is 0. The van der Waals surface area contributed by atoms with Crippen molar-refractivity contribution in [1.29, 1.82) is 0 Å². The van der Waals surface area contributed by atoms with Gasteiger partial charge in [0.15, 0.2) is 0 Å². The zero-order valence-electron chi connectivity index (χ0n) is 45.3. The maximum absolute atomic E-state index is 2.42. The van der Waals surface area contributed by atoms with E-state index in [2.05, 4.69) is 341 Å². The maximum atomic E-state index is 2.42. The second-order valence-corrected chi connectivity index (χ2v) is 20.7. The Morgan fingerprint density at radius 2 is 0.405 bits per heavy atom. The summed E-state index contributed by atoms with van der Waals surface area (Å²) in [5.41, 5.74) is 25.0. The molecular formula is C77H62N2. The molecular weight excluding hydrogens is 953 g/mol. The first-order chi connectivity index (χ1) is 38.8. The number of hydrogen-bond acceptors (Lipinski definition) is 2. The summed E-state index contributed by atoms with van der Waals surface area (Å²) < 4.78 is 0. The molecule has 0 unspecified atom stereocenters. The third kappa shape index (κ3) is 9.86. The normalized spacial score (nSPS) is 11.3. The Balaban J connectivity index is 1.03. The molecule has 0 radical (unpaired) electrons. The van der Waals surface area contributed by atoms with E-state index in [-0.39, 0.29) is 0 Å². The summed E-state index contributed by atoms with van der Waals surface area (Å²) in [6.45, 7) is 8.82. The fourth-order valence-electron chi connectivity index (χ4n) is 11.7. The van der Waals surface area contributed by atoms with E-state index in [4.69, 9.17) is 0 Å². The fraction of sp³-hybridized carbons (Fsp3) is 0.0649. The van der Waals surface area contributed by atoms with Crippen LogP contribution in [0, 0.1) is 27.7 Å². The van der Waals surface area contributed by atoms with Crippen molar-refractivity contribution in [3.05, 3.63) is 348 Å². The van der Waals surface area contributed by atoms with Crippen LogP contribution in [-0.4, -0.2) is 0 Å². The van der Waals surface area contributed by atoms with Gasteiger partial charge in [0, 0.05) is 34.1 Å². The molecule has 0 amide bonds. The number of rotatable bonds is 14. The monoisotopic (exact) mass is 1010 g/mol. The minimum Gasteiger partial charge on any atom is -0.310 e. The van der Waals surface area contributed by atoms with Gasteiger partial charge in [0.1, 0.15) is 0 Å². The van der Waals surface area contributed by atoms with E-state index in [1.54, 1.807) is 0 Å². The number of benzene rings is 12. The van der Waals surface area contributed by atoms with Crippen molar-refractivity contribution in [3.8, 4) is 44.5 Å². The first-order valence-corrected chi connectivity index (χ1v) is 27.4. The van der Waals surface area contributed by atoms with Crippen molar-refractivity contribution in [2.45, 2.75) is 33.1 Å². The number of anilines is 6. The molecule has 0 aliphatic heterocycles. The number of hydrogen-bond donors (Lipinski definition) is 0. The van der Waals surface area contributed by atoms with Crippen LogP contribution in [0.1, 0.15) is 44.5 Å². The Labute approximate surface area is 466 Å². The minimum atomic E-state index is -0.696. The first-order valence-electron chi connectivity index (χ1n) is 27.4. The van der Waals surface area contributed by atoms with Gasteiger partial charge < -0.3 is 9.80 Å². The van der Waals surface area contributed by atoms with Crippen LogP contribution < -0.4 is 9.80 Å². The molecule has 380 valence electrons. The van der Waals surface area contributed by atoms with Crippen molar-refractivity contribution in [2.75, 3.05) is 9.80 Å². The van der Waals surface area contributed by atoms with Gasteiger partial charge in [-0.05, 0) is 190 Å². The van der Waals surface area contributed by atoms with Crippen LogP contribution in [0.2, 0.25) is 0 Å². The average Bonchev–Trinajstić information content (AvgIpc) is 3.64. The first kappa shape index (κ1) is 50.1.